The van der Waals surface area contributed by atoms with Gasteiger partial charge in [-0.3, -0.25) is 0 Å². The minimum Gasteiger partial charge on any atom is -0.497 e. The van der Waals surface area contributed by atoms with Gasteiger partial charge in [0.15, 0.2) is 0 Å². The molecular weight excluding hydrogens is 212 g/mol. The van der Waals surface area contributed by atoms with Gasteiger partial charge in [0.25, 0.3) is 0 Å². The lowest BCUT2D eigenvalue weighted by molar-refractivity contribution is -0.0190. The summed E-state index contributed by atoms with van der Waals surface area (Å²) in [4.78, 5) is 4.91. The second-order valence-electron chi connectivity index (χ2n) is 3.50. The largest absolute Gasteiger partial charge is 0.497 e. The fourth-order valence-electron chi connectivity index (χ4n) is 1.65. The van der Waals surface area contributed by atoms with E-state index in [4.69, 9.17) is 10.8 Å². The van der Waals surface area contributed by atoms with Gasteiger partial charge in [0.05, 0.1) is 11.8 Å². The lowest BCUT2D eigenvalue weighted by Gasteiger charge is -2.17. The SMILES string of the molecule is N#CC1C=CC=CN1C(=[N+]=[N-])c1ccccc1. The Bertz CT molecular complexity index is 545. The molecule has 4 heteroatoms. The summed E-state index contributed by atoms with van der Waals surface area (Å²) in [5.41, 5.74) is 9.88. The highest BCUT2D eigenvalue weighted by Gasteiger charge is 2.28. The van der Waals surface area contributed by atoms with Crippen LogP contribution in [0.4, 0.5) is 0 Å². The molecule has 0 bridgehead atoms. The Hall–Kier alpha value is -2.63. The van der Waals surface area contributed by atoms with Crippen molar-refractivity contribution in [3.63, 3.8) is 0 Å². The average Bonchev–Trinajstić information content (AvgIpc) is 2.41. The van der Waals surface area contributed by atoms with Gasteiger partial charge in [-0.2, -0.15) is 5.26 Å². The summed E-state index contributed by atoms with van der Waals surface area (Å²) in [6.45, 7) is 0. The molecule has 1 atom stereocenters. The van der Waals surface area contributed by atoms with Crippen LogP contribution >= 0.6 is 0 Å². The van der Waals surface area contributed by atoms with Crippen LogP contribution in [0.25, 0.3) is 5.53 Å². The molecular formula is C13H10N4. The maximum absolute atomic E-state index is 9.12. The zero-order chi connectivity index (χ0) is 12.1. The van der Waals surface area contributed by atoms with E-state index in [1.54, 1.807) is 29.3 Å². The number of hydrogen-bond acceptors (Lipinski definition) is 1. The van der Waals surface area contributed by atoms with Crippen LogP contribution in [0.3, 0.4) is 0 Å². The monoisotopic (exact) mass is 222 g/mol. The van der Waals surface area contributed by atoms with Crippen molar-refractivity contribution >= 4 is 5.84 Å². The van der Waals surface area contributed by atoms with E-state index in [9.17, 15) is 0 Å². The van der Waals surface area contributed by atoms with E-state index in [1.165, 1.54) is 0 Å². The second-order valence-corrected chi connectivity index (χ2v) is 3.50. The molecule has 4 nitrogen and oxygen atoms in total. The summed E-state index contributed by atoms with van der Waals surface area (Å²) in [6.07, 6.45) is 7.05. The molecule has 2 rings (SSSR count). The third-order valence-corrected chi connectivity index (χ3v) is 2.45. The summed E-state index contributed by atoms with van der Waals surface area (Å²) in [6, 6.07) is 10.9. The quantitative estimate of drug-likeness (QED) is 0.315. The number of rotatable bonds is 1. The van der Waals surface area contributed by atoms with Crippen molar-refractivity contribution < 1.29 is 4.79 Å². The fraction of sp³-hybridized carbons (Fsp3) is 0.0769. The molecule has 0 aromatic heterocycles. The Morgan fingerprint density at radius 3 is 2.71 bits per heavy atom. The van der Waals surface area contributed by atoms with Crippen molar-refractivity contribution in [2.75, 3.05) is 0 Å². The standard InChI is InChI=1S/C13H10N4/c14-10-12-8-4-5-9-17(12)13(16-15)11-6-2-1-3-7-11/h1-9,12H. The summed E-state index contributed by atoms with van der Waals surface area (Å²) in [5, 5.41) is 9.04. The summed E-state index contributed by atoms with van der Waals surface area (Å²) >= 11 is 0. The van der Waals surface area contributed by atoms with Crippen LogP contribution in [0.5, 0.6) is 0 Å². The normalized spacial score (nSPS) is 17.4. The highest BCUT2D eigenvalue weighted by molar-refractivity contribution is 5.95. The first-order valence-electron chi connectivity index (χ1n) is 5.17. The van der Waals surface area contributed by atoms with Crippen molar-refractivity contribution in [1.82, 2.24) is 4.90 Å². The van der Waals surface area contributed by atoms with Crippen LogP contribution in [0.1, 0.15) is 5.56 Å². The van der Waals surface area contributed by atoms with Gasteiger partial charge in [-0.1, -0.05) is 24.3 Å². The number of allylic oxidation sites excluding steroid dienone is 2. The average molecular weight is 222 g/mol. The van der Waals surface area contributed by atoms with Gasteiger partial charge in [-0.05, 0) is 24.3 Å². The van der Waals surface area contributed by atoms with Crippen molar-refractivity contribution in [1.29, 1.82) is 5.26 Å². The first-order valence-corrected chi connectivity index (χ1v) is 5.17. The zero-order valence-corrected chi connectivity index (χ0v) is 9.06. The molecule has 0 aliphatic carbocycles. The van der Waals surface area contributed by atoms with Gasteiger partial charge in [0.2, 0.25) is 6.04 Å². The van der Waals surface area contributed by atoms with Crippen molar-refractivity contribution in [2.45, 2.75) is 6.04 Å². The zero-order valence-electron chi connectivity index (χ0n) is 9.06. The van der Waals surface area contributed by atoms with Gasteiger partial charge in [0.1, 0.15) is 6.07 Å². The van der Waals surface area contributed by atoms with Gasteiger partial charge in [-0.15, -0.1) is 0 Å². The first kappa shape index (κ1) is 10.9. The number of hydrogen-bond donors (Lipinski definition) is 0. The van der Waals surface area contributed by atoms with Crippen LogP contribution in [-0.2, 0) is 0 Å². The molecule has 1 heterocycles. The molecule has 17 heavy (non-hydrogen) atoms. The fourth-order valence-corrected chi connectivity index (χ4v) is 1.65. The van der Waals surface area contributed by atoms with Gasteiger partial charge >= 0.3 is 5.84 Å². The van der Waals surface area contributed by atoms with E-state index >= 15 is 0 Å². The predicted molar refractivity (Wildman–Crippen MR) is 63.7 cm³/mol. The van der Waals surface area contributed by atoms with Gasteiger partial charge in [-0.25, -0.2) is 4.90 Å². The lowest BCUT2D eigenvalue weighted by Crippen LogP contribution is -2.36. The van der Waals surface area contributed by atoms with Crippen molar-refractivity contribution in [3.05, 3.63) is 65.9 Å². The van der Waals surface area contributed by atoms with E-state index in [1.807, 2.05) is 30.3 Å². The molecule has 1 aliphatic heterocycles. The highest BCUT2D eigenvalue weighted by atomic mass is 15.2. The van der Waals surface area contributed by atoms with Crippen LogP contribution in [0, 0.1) is 11.3 Å². The van der Waals surface area contributed by atoms with E-state index in [-0.39, 0.29) is 0 Å². The lowest BCUT2D eigenvalue weighted by atomic mass is 10.1. The maximum Gasteiger partial charge on any atom is 0.367 e. The molecule has 1 unspecified atom stereocenters. The Morgan fingerprint density at radius 2 is 2.06 bits per heavy atom. The molecule has 0 saturated carbocycles. The Kier molecular flexibility index (Phi) is 3.15. The van der Waals surface area contributed by atoms with E-state index < -0.39 is 6.04 Å². The predicted octanol–water partition coefficient (Wildman–Crippen LogP) is 1.94. The van der Waals surface area contributed by atoms with Crippen LogP contribution in [-0.4, -0.2) is 21.6 Å². The van der Waals surface area contributed by atoms with Gasteiger partial charge < -0.3 is 10.3 Å². The molecule has 0 fully saturated rings. The Morgan fingerprint density at radius 1 is 1.29 bits per heavy atom. The molecule has 0 spiro atoms. The minimum atomic E-state index is -0.453. The second kappa shape index (κ2) is 4.93. The molecule has 0 N–H and O–H groups in total. The topological polar surface area (TPSA) is 63.4 Å². The summed E-state index contributed by atoms with van der Waals surface area (Å²) in [5.74, 6) is 0.359. The first-order chi connectivity index (χ1) is 8.36. The molecule has 0 saturated heterocycles. The van der Waals surface area contributed by atoms with Crippen LogP contribution in [0.2, 0.25) is 0 Å². The summed E-state index contributed by atoms with van der Waals surface area (Å²) in [7, 11) is 0. The van der Waals surface area contributed by atoms with E-state index in [0.717, 1.165) is 5.56 Å². The number of nitrogens with zero attached hydrogens (tertiary/aromatic N) is 4. The third-order valence-electron chi connectivity index (χ3n) is 2.45. The Balaban J connectivity index is 2.39. The van der Waals surface area contributed by atoms with Crippen molar-refractivity contribution in [3.8, 4) is 6.07 Å². The van der Waals surface area contributed by atoms with Crippen molar-refractivity contribution in [2.24, 2.45) is 0 Å². The highest BCUT2D eigenvalue weighted by Crippen LogP contribution is 2.12. The van der Waals surface area contributed by atoms with Crippen LogP contribution in [0.15, 0.2) is 54.8 Å². The van der Waals surface area contributed by atoms with Crippen LogP contribution < -0.4 is 0 Å². The third kappa shape index (κ3) is 2.15. The number of benzene rings is 1. The smallest absolute Gasteiger partial charge is 0.367 e. The molecule has 1 aromatic carbocycles. The Labute approximate surface area is 99.3 Å². The summed E-state index contributed by atoms with van der Waals surface area (Å²) < 4.78 is 0. The van der Waals surface area contributed by atoms with Gasteiger partial charge in [0, 0.05) is 0 Å². The molecule has 0 radical (unpaired) electrons. The number of nitriles is 1. The van der Waals surface area contributed by atoms with E-state index in [0.29, 0.717) is 5.84 Å². The molecule has 1 aromatic rings. The molecule has 0 amide bonds. The molecule has 1 aliphatic rings. The van der Waals surface area contributed by atoms with E-state index in [2.05, 4.69) is 10.9 Å². The molecule has 82 valence electrons. The maximum atomic E-state index is 9.12. The number of amidine groups is 1. The minimum absolute atomic E-state index is 0.359.